The molecule has 0 heterocycles. The fourth-order valence-corrected chi connectivity index (χ4v) is 1.61. The minimum Gasteiger partial charge on any atom is -0.388 e. The maximum atomic E-state index is 10.9. The molecular formula is C8H16N2O2. The molecule has 70 valence electrons. The van der Waals surface area contributed by atoms with Crippen LogP contribution in [-0.2, 0) is 0 Å². The van der Waals surface area contributed by atoms with Crippen molar-refractivity contribution in [3.8, 4) is 0 Å². The van der Waals surface area contributed by atoms with Gasteiger partial charge in [-0.25, -0.2) is 4.79 Å². The van der Waals surface area contributed by atoms with E-state index in [-0.39, 0.29) is 12.1 Å². The van der Waals surface area contributed by atoms with E-state index in [2.05, 4.69) is 10.6 Å². The van der Waals surface area contributed by atoms with Gasteiger partial charge in [0, 0.05) is 7.05 Å². The van der Waals surface area contributed by atoms with Gasteiger partial charge in [-0.15, -0.1) is 0 Å². The van der Waals surface area contributed by atoms with Crippen LogP contribution in [0.4, 0.5) is 4.79 Å². The highest BCUT2D eigenvalue weighted by Crippen LogP contribution is 2.29. The van der Waals surface area contributed by atoms with Gasteiger partial charge in [-0.3, -0.25) is 0 Å². The first-order valence-corrected chi connectivity index (χ1v) is 4.27. The van der Waals surface area contributed by atoms with Crippen LogP contribution in [0.3, 0.4) is 0 Å². The molecule has 0 aromatic rings. The van der Waals surface area contributed by atoms with E-state index in [1.54, 1.807) is 14.0 Å². The zero-order chi connectivity index (χ0) is 9.19. The van der Waals surface area contributed by atoms with Crippen molar-refractivity contribution in [2.24, 2.45) is 0 Å². The van der Waals surface area contributed by atoms with Gasteiger partial charge in [0.15, 0.2) is 0 Å². The largest absolute Gasteiger partial charge is 0.388 e. The summed E-state index contributed by atoms with van der Waals surface area (Å²) in [5.41, 5.74) is -0.730. The van der Waals surface area contributed by atoms with Gasteiger partial charge < -0.3 is 15.7 Å². The second-order valence-electron chi connectivity index (χ2n) is 3.53. The molecule has 0 bridgehead atoms. The van der Waals surface area contributed by atoms with Crippen molar-refractivity contribution in [3.05, 3.63) is 0 Å². The third kappa shape index (κ3) is 1.88. The summed E-state index contributed by atoms with van der Waals surface area (Å²) in [5.74, 6) is 0. The van der Waals surface area contributed by atoms with E-state index < -0.39 is 5.60 Å². The smallest absolute Gasteiger partial charge is 0.314 e. The Morgan fingerprint density at radius 1 is 1.67 bits per heavy atom. The van der Waals surface area contributed by atoms with Crippen molar-refractivity contribution < 1.29 is 9.90 Å². The number of carbonyl (C=O) groups is 1. The number of carbonyl (C=O) groups excluding carboxylic acids is 1. The monoisotopic (exact) mass is 172 g/mol. The molecule has 1 aliphatic rings. The molecule has 0 radical (unpaired) electrons. The summed E-state index contributed by atoms with van der Waals surface area (Å²) < 4.78 is 0. The summed E-state index contributed by atoms with van der Waals surface area (Å²) in [6, 6.07) is -0.320. The predicted octanol–water partition coefficient (Wildman–Crippen LogP) is 0.219. The highest BCUT2D eigenvalue weighted by atomic mass is 16.3. The Labute approximate surface area is 72.3 Å². The van der Waals surface area contributed by atoms with Crippen LogP contribution in [0.5, 0.6) is 0 Å². The van der Waals surface area contributed by atoms with Crippen LogP contribution < -0.4 is 10.6 Å². The van der Waals surface area contributed by atoms with Gasteiger partial charge in [-0.1, -0.05) is 0 Å². The molecule has 1 rings (SSSR count). The maximum Gasteiger partial charge on any atom is 0.314 e. The highest BCUT2D eigenvalue weighted by molar-refractivity contribution is 5.74. The van der Waals surface area contributed by atoms with Gasteiger partial charge in [-0.2, -0.15) is 0 Å². The molecule has 1 saturated carbocycles. The Morgan fingerprint density at radius 2 is 2.33 bits per heavy atom. The molecule has 2 amide bonds. The topological polar surface area (TPSA) is 61.4 Å². The van der Waals surface area contributed by atoms with Gasteiger partial charge in [0.2, 0.25) is 0 Å². The van der Waals surface area contributed by atoms with E-state index >= 15 is 0 Å². The molecule has 0 spiro atoms. The first kappa shape index (κ1) is 9.32. The lowest BCUT2D eigenvalue weighted by Crippen LogP contribution is -2.49. The minimum absolute atomic E-state index is 0.0996. The molecule has 0 aromatic heterocycles. The van der Waals surface area contributed by atoms with Crippen molar-refractivity contribution in [1.82, 2.24) is 10.6 Å². The molecule has 1 fully saturated rings. The number of nitrogens with one attached hydrogen (secondary N) is 2. The lowest BCUT2D eigenvalue weighted by Gasteiger charge is -2.26. The van der Waals surface area contributed by atoms with E-state index in [4.69, 9.17) is 0 Å². The molecule has 4 heteroatoms. The summed E-state index contributed by atoms with van der Waals surface area (Å²) >= 11 is 0. The fraction of sp³-hybridized carbons (Fsp3) is 0.875. The first-order valence-electron chi connectivity index (χ1n) is 4.27. The molecule has 4 nitrogen and oxygen atoms in total. The molecule has 0 aliphatic heterocycles. The Morgan fingerprint density at radius 3 is 2.75 bits per heavy atom. The van der Waals surface area contributed by atoms with Crippen LogP contribution in [0.1, 0.15) is 26.2 Å². The molecule has 12 heavy (non-hydrogen) atoms. The predicted molar refractivity (Wildman–Crippen MR) is 45.9 cm³/mol. The number of hydrogen-bond acceptors (Lipinski definition) is 2. The normalized spacial score (nSPS) is 34.8. The average molecular weight is 172 g/mol. The zero-order valence-corrected chi connectivity index (χ0v) is 7.55. The van der Waals surface area contributed by atoms with E-state index in [0.29, 0.717) is 0 Å². The van der Waals surface area contributed by atoms with E-state index in [9.17, 15) is 9.90 Å². The molecule has 2 atom stereocenters. The molecular weight excluding hydrogens is 156 g/mol. The van der Waals surface area contributed by atoms with Gasteiger partial charge in [0.1, 0.15) is 0 Å². The Hall–Kier alpha value is -0.770. The second-order valence-corrected chi connectivity index (χ2v) is 3.53. The number of urea groups is 1. The van der Waals surface area contributed by atoms with Crippen LogP contribution in [0.2, 0.25) is 0 Å². The molecule has 3 N–H and O–H groups in total. The van der Waals surface area contributed by atoms with Gasteiger partial charge in [0.25, 0.3) is 0 Å². The third-order valence-corrected chi connectivity index (χ3v) is 2.46. The molecule has 0 saturated heterocycles. The van der Waals surface area contributed by atoms with E-state index in [0.717, 1.165) is 19.3 Å². The highest BCUT2D eigenvalue weighted by Gasteiger charge is 2.37. The zero-order valence-electron chi connectivity index (χ0n) is 7.55. The summed E-state index contributed by atoms with van der Waals surface area (Å²) in [4.78, 5) is 10.9. The fourth-order valence-electron chi connectivity index (χ4n) is 1.61. The molecule has 1 aliphatic carbocycles. The summed E-state index contributed by atoms with van der Waals surface area (Å²) in [7, 11) is 1.57. The summed E-state index contributed by atoms with van der Waals surface area (Å²) in [6.07, 6.45) is 2.60. The Balaban J connectivity index is 2.47. The minimum atomic E-state index is -0.730. The number of amides is 2. The van der Waals surface area contributed by atoms with Crippen LogP contribution in [0, 0.1) is 0 Å². The van der Waals surface area contributed by atoms with Crippen LogP contribution in [-0.4, -0.2) is 29.8 Å². The molecule has 0 aromatic carbocycles. The molecule has 0 unspecified atom stereocenters. The lowest BCUT2D eigenvalue weighted by atomic mass is 10.0. The van der Waals surface area contributed by atoms with Crippen LogP contribution in [0.25, 0.3) is 0 Å². The van der Waals surface area contributed by atoms with Gasteiger partial charge >= 0.3 is 6.03 Å². The van der Waals surface area contributed by atoms with Crippen molar-refractivity contribution in [2.75, 3.05) is 7.05 Å². The van der Waals surface area contributed by atoms with Crippen LogP contribution in [0.15, 0.2) is 0 Å². The SMILES string of the molecule is CNC(=O)N[C@@H]1CCC[C@@]1(C)O. The Kier molecular flexibility index (Phi) is 2.57. The number of aliphatic hydroxyl groups is 1. The Bertz CT molecular complexity index is 180. The van der Waals surface area contributed by atoms with Crippen molar-refractivity contribution in [1.29, 1.82) is 0 Å². The number of hydrogen-bond donors (Lipinski definition) is 3. The van der Waals surface area contributed by atoms with Gasteiger partial charge in [-0.05, 0) is 26.2 Å². The summed E-state index contributed by atoms with van der Waals surface area (Å²) in [6.45, 7) is 1.76. The van der Waals surface area contributed by atoms with Gasteiger partial charge in [0.05, 0.1) is 11.6 Å². The number of rotatable bonds is 1. The van der Waals surface area contributed by atoms with Crippen LogP contribution >= 0.6 is 0 Å². The first-order chi connectivity index (χ1) is 5.56. The maximum absolute atomic E-state index is 10.9. The lowest BCUT2D eigenvalue weighted by molar-refractivity contribution is 0.0426. The van der Waals surface area contributed by atoms with Crippen molar-refractivity contribution in [3.63, 3.8) is 0 Å². The third-order valence-electron chi connectivity index (χ3n) is 2.46. The van der Waals surface area contributed by atoms with E-state index in [1.807, 2.05) is 0 Å². The quantitative estimate of drug-likeness (QED) is 0.530. The van der Waals surface area contributed by atoms with Crippen molar-refractivity contribution >= 4 is 6.03 Å². The second kappa shape index (κ2) is 3.31. The average Bonchev–Trinajstić information content (AvgIpc) is 2.31. The standard InChI is InChI=1S/C8H16N2O2/c1-8(12)5-3-4-6(8)10-7(11)9-2/h6,12H,3-5H2,1-2H3,(H2,9,10,11)/t6-,8-/m1/s1. The van der Waals surface area contributed by atoms with E-state index in [1.165, 1.54) is 0 Å². The van der Waals surface area contributed by atoms with Crippen molar-refractivity contribution in [2.45, 2.75) is 37.8 Å². The summed E-state index contributed by atoms with van der Waals surface area (Å²) in [5, 5.41) is 14.9.